The van der Waals surface area contributed by atoms with Crippen molar-refractivity contribution in [1.29, 1.82) is 0 Å². The van der Waals surface area contributed by atoms with Crippen molar-refractivity contribution in [3.05, 3.63) is 46.5 Å². The SMILES string of the molecule is Cc1cc(CN[C@H](C)Cn2cncn2)ccc1Br. The average molecular weight is 309 g/mol. The van der Waals surface area contributed by atoms with Gasteiger partial charge in [-0.25, -0.2) is 4.98 Å². The van der Waals surface area contributed by atoms with Crippen LogP contribution in [0.5, 0.6) is 0 Å². The first-order valence-corrected chi connectivity index (χ1v) is 6.75. The van der Waals surface area contributed by atoms with Crippen LogP contribution in [0.1, 0.15) is 18.1 Å². The second-order valence-corrected chi connectivity index (χ2v) is 5.34. The van der Waals surface area contributed by atoms with E-state index in [2.05, 4.69) is 63.4 Å². The molecule has 2 aromatic rings. The zero-order valence-electron chi connectivity index (χ0n) is 10.6. The Bertz CT molecular complexity index is 496. The van der Waals surface area contributed by atoms with E-state index in [0.29, 0.717) is 6.04 Å². The van der Waals surface area contributed by atoms with Crippen molar-refractivity contribution < 1.29 is 0 Å². The lowest BCUT2D eigenvalue weighted by Crippen LogP contribution is -2.30. The van der Waals surface area contributed by atoms with Gasteiger partial charge >= 0.3 is 0 Å². The number of hydrogen-bond donors (Lipinski definition) is 1. The summed E-state index contributed by atoms with van der Waals surface area (Å²) in [5.41, 5.74) is 2.55. The molecule has 0 amide bonds. The Hall–Kier alpha value is -1.20. The first-order chi connectivity index (χ1) is 8.65. The van der Waals surface area contributed by atoms with Gasteiger partial charge in [0.1, 0.15) is 12.7 Å². The van der Waals surface area contributed by atoms with E-state index in [0.717, 1.165) is 17.6 Å². The van der Waals surface area contributed by atoms with Crippen molar-refractivity contribution in [1.82, 2.24) is 20.1 Å². The molecule has 0 aliphatic carbocycles. The summed E-state index contributed by atoms with van der Waals surface area (Å²) in [7, 11) is 0. The number of nitrogens with zero attached hydrogens (tertiary/aromatic N) is 3. The third-order valence-corrected chi connectivity index (χ3v) is 3.69. The standard InChI is InChI=1S/C13H17BrN4/c1-10-5-12(3-4-13(10)14)6-16-11(2)7-18-9-15-8-17-18/h3-5,8-9,11,16H,6-7H2,1-2H3/t11-/m1/s1. The molecule has 0 aliphatic rings. The Morgan fingerprint density at radius 2 is 2.28 bits per heavy atom. The lowest BCUT2D eigenvalue weighted by atomic mass is 10.1. The predicted molar refractivity (Wildman–Crippen MR) is 75.2 cm³/mol. The molecule has 1 aromatic heterocycles. The Labute approximate surface area is 116 Å². The van der Waals surface area contributed by atoms with Gasteiger partial charge < -0.3 is 5.32 Å². The fourth-order valence-corrected chi connectivity index (χ4v) is 2.03. The van der Waals surface area contributed by atoms with Gasteiger partial charge in [0.2, 0.25) is 0 Å². The molecule has 0 spiro atoms. The minimum atomic E-state index is 0.357. The maximum atomic E-state index is 4.10. The number of aryl methyl sites for hydroxylation is 1. The van der Waals surface area contributed by atoms with Crippen LogP contribution >= 0.6 is 15.9 Å². The summed E-state index contributed by atoms with van der Waals surface area (Å²) in [5.74, 6) is 0. The van der Waals surface area contributed by atoms with Gasteiger partial charge in [0, 0.05) is 17.1 Å². The number of aromatic nitrogens is 3. The summed E-state index contributed by atoms with van der Waals surface area (Å²) >= 11 is 3.51. The molecule has 1 N–H and O–H groups in total. The van der Waals surface area contributed by atoms with Gasteiger partial charge in [-0.2, -0.15) is 5.10 Å². The lowest BCUT2D eigenvalue weighted by molar-refractivity contribution is 0.450. The molecule has 1 atom stereocenters. The highest BCUT2D eigenvalue weighted by molar-refractivity contribution is 9.10. The van der Waals surface area contributed by atoms with E-state index in [9.17, 15) is 0 Å². The third-order valence-electron chi connectivity index (χ3n) is 2.80. The van der Waals surface area contributed by atoms with Crippen LogP contribution in [0.3, 0.4) is 0 Å². The van der Waals surface area contributed by atoms with Gasteiger partial charge in [-0.05, 0) is 31.0 Å². The minimum Gasteiger partial charge on any atom is -0.308 e. The molecule has 0 unspecified atom stereocenters. The van der Waals surface area contributed by atoms with Crippen LogP contribution in [-0.4, -0.2) is 20.8 Å². The minimum absolute atomic E-state index is 0.357. The molecular formula is C13H17BrN4. The van der Waals surface area contributed by atoms with Gasteiger partial charge in [-0.3, -0.25) is 4.68 Å². The van der Waals surface area contributed by atoms with Gasteiger partial charge in [-0.15, -0.1) is 0 Å². The lowest BCUT2D eigenvalue weighted by Gasteiger charge is -2.14. The van der Waals surface area contributed by atoms with E-state index in [-0.39, 0.29) is 0 Å². The van der Waals surface area contributed by atoms with Crippen LogP contribution in [0.2, 0.25) is 0 Å². The molecule has 0 saturated carbocycles. The van der Waals surface area contributed by atoms with Gasteiger partial charge in [-0.1, -0.05) is 28.1 Å². The fourth-order valence-electron chi connectivity index (χ4n) is 1.78. The van der Waals surface area contributed by atoms with E-state index in [1.165, 1.54) is 11.1 Å². The molecule has 0 bridgehead atoms. The summed E-state index contributed by atoms with van der Waals surface area (Å²) in [6.45, 7) is 5.94. The largest absolute Gasteiger partial charge is 0.308 e. The smallest absolute Gasteiger partial charge is 0.137 e. The summed E-state index contributed by atoms with van der Waals surface area (Å²) < 4.78 is 2.99. The second-order valence-electron chi connectivity index (χ2n) is 4.48. The number of nitrogens with one attached hydrogen (secondary N) is 1. The Kier molecular flexibility index (Phi) is 4.49. The van der Waals surface area contributed by atoms with Crippen LogP contribution in [-0.2, 0) is 13.1 Å². The Morgan fingerprint density at radius 1 is 1.44 bits per heavy atom. The van der Waals surface area contributed by atoms with Crippen molar-refractivity contribution in [2.75, 3.05) is 0 Å². The molecule has 96 valence electrons. The van der Waals surface area contributed by atoms with Gasteiger partial charge in [0.15, 0.2) is 0 Å². The molecule has 0 saturated heterocycles. The van der Waals surface area contributed by atoms with E-state index in [4.69, 9.17) is 0 Å². The quantitative estimate of drug-likeness (QED) is 0.923. The highest BCUT2D eigenvalue weighted by Crippen LogP contribution is 2.16. The van der Waals surface area contributed by atoms with Gasteiger partial charge in [0.05, 0.1) is 6.54 Å². The molecule has 0 radical (unpaired) electrons. The first-order valence-electron chi connectivity index (χ1n) is 5.96. The molecule has 0 aliphatic heterocycles. The topological polar surface area (TPSA) is 42.7 Å². The normalized spacial score (nSPS) is 12.6. The van der Waals surface area contributed by atoms with Crippen LogP contribution < -0.4 is 5.32 Å². The van der Waals surface area contributed by atoms with Crippen molar-refractivity contribution in [2.45, 2.75) is 33.0 Å². The van der Waals surface area contributed by atoms with E-state index in [1.807, 2.05) is 4.68 Å². The number of halogens is 1. The average Bonchev–Trinajstić information content (AvgIpc) is 2.83. The molecule has 2 rings (SSSR count). The predicted octanol–water partition coefficient (Wildman–Crippen LogP) is 2.53. The zero-order valence-corrected chi connectivity index (χ0v) is 12.2. The van der Waals surface area contributed by atoms with Crippen LogP contribution in [0.15, 0.2) is 35.3 Å². The summed E-state index contributed by atoms with van der Waals surface area (Å²) in [5, 5.41) is 7.58. The molecule has 0 fully saturated rings. The third kappa shape index (κ3) is 3.65. The van der Waals surface area contributed by atoms with Crippen LogP contribution in [0, 0.1) is 6.92 Å². The van der Waals surface area contributed by atoms with Crippen LogP contribution in [0.4, 0.5) is 0 Å². The van der Waals surface area contributed by atoms with Gasteiger partial charge in [0.25, 0.3) is 0 Å². The summed E-state index contributed by atoms with van der Waals surface area (Å²) in [6, 6.07) is 6.77. The number of rotatable bonds is 5. The maximum Gasteiger partial charge on any atom is 0.137 e. The zero-order chi connectivity index (χ0) is 13.0. The molecule has 18 heavy (non-hydrogen) atoms. The van der Waals surface area contributed by atoms with Crippen LogP contribution in [0.25, 0.3) is 0 Å². The molecule has 4 nitrogen and oxygen atoms in total. The monoisotopic (exact) mass is 308 g/mol. The number of hydrogen-bond acceptors (Lipinski definition) is 3. The Morgan fingerprint density at radius 3 is 2.94 bits per heavy atom. The highest BCUT2D eigenvalue weighted by atomic mass is 79.9. The Balaban J connectivity index is 1.85. The maximum absolute atomic E-state index is 4.10. The van der Waals surface area contributed by atoms with Crippen molar-refractivity contribution in [2.24, 2.45) is 0 Å². The second kappa shape index (κ2) is 6.11. The fraction of sp³-hybridized carbons (Fsp3) is 0.385. The highest BCUT2D eigenvalue weighted by Gasteiger charge is 2.04. The van der Waals surface area contributed by atoms with Crippen molar-refractivity contribution in [3.63, 3.8) is 0 Å². The molecule has 1 heterocycles. The van der Waals surface area contributed by atoms with E-state index >= 15 is 0 Å². The van der Waals surface area contributed by atoms with Crippen molar-refractivity contribution in [3.8, 4) is 0 Å². The number of benzene rings is 1. The van der Waals surface area contributed by atoms with E-state index < -0.39 is 0 Å². The first kappa shape index (κ1) is 13.2. The van der Waals surface area contributed by atoms with Crippen molar-refractivity contribution >= 4 is 15.9 Å². The van der Waals surface area contributed by atoms with E-state index in [1.54, 1.807) is 12.7 Å². The molecule has 1 aromatic carbocycles. The summed E-state index contributed by atoms with van der Waals surface area (Å²) in [4.78, 5) is 3.93. The molecule has 5 heteroatoms. The molecular weight excluding hydrogens is 292 g/mol. The summed E-state index contributed by atoms with van der Waals surface area (Å²) in [6.07, 6.45) is 3.30.